The van der Waals surface area contributed by atoms with Gasteiger partial charge in [0.1, 0.15) is 6.56 Å². The number of aromatic amines is 1. The van der Waals surface area contributed by atoms with Crippen LogP contribution in [0.15, 0.2) is 24.4 Å². The Bertz CT molecular complexity index is 864. The number of benzene rings is 1. The molecule has 1 fully saturated rings. The molecule has 112 valence electrons. The van der Waals surface area contributed by atoms with Crippen LogP contribution < -0.4 is 5.32 Å². The second kappa shape index (κ2) is 5.77. The van der Waals surface area contributed by atoms with E-state index in [0.29, 0.717) is 12.0 Å². The molecule has 1 aromatic carbocycles. The third-order valence-electron chi connectivity index (χ3n) is 3.48. The minimum absolute atomic E-state index is 0.230. The Balaban J connectivity index is 1.83. The minimum Gasteiger partial charge on any atom is -0.447 e. The summed E-state index contributed by atoms with van der Waals surface area (Å²) in [4.78, 5) is 15.5. The molecule has 0 saturated carbocycles. The van der Waals surface area contributed by atoms with Gasteiger partial charge in [0.25, 0.3) is 0 Å². The standard InChI is InChI=1S/C16H21N3O2/c1-19(2)6-5-12-9-17-15-4-3-11(8-14(12)15)7-13-10-21-16(20)18-13/h3-4,8-9,13,17H,5-7,10H2,1-2H3,(H,18,20)/t13-/m0/s1/i1D3,9D,10D2. The SMILES string of the molecule is [2H]c1[nH]c2ccc(C[C@@H]3NC(=O)OC3([2H])[2H])cc2c1CCN(C)C([2H])([2H])[2H]. The number of carbonyl (C=O) groups excluding carboxylic acids is 1. The second-order valence-corrected chi connectivity index (χ2v) is 5.19. The summed E-state index contributed by atoms with van der Waals surface area (Å²) in [5.41, 5.74) is 2.24. The van der Waals surface area contributed by atoms with E-state index in [-0.39, 0.29) is 19.1 Å². The van der Waals surface area contributed by atoms with Gasteiger partial charge >= 0.3 is 6.09 Å². The number of nitrogens with one attached hydrogen (secondary N) is 2. The van der Waals surface area contributed by atoms with Crippen molar-refractivity contribution in [3.8, 4) is 0 Å². The highest BCUT2D eigenvalue weighted by Crippen LogP contribution is 2.21. The van der Waals surface area contributed by atoms with E-state index in [2.05, 4.69) is 15.0 Å². The summed E-state index contributed by atoms with van der Waals surface area (Å²) >= 11 is 0. The van der Waals surface area contributed by atoms with Crippen molar-refractivity contribution in [3.63, 3.8) is 0 Å². The van der Waals surface area contributed by atoms with Gasteiger partial charge in [0.2, 0.25) is 0 Å². The molecule has 0 bridgehead atoms. The fraction of sp³-hybridized carbons (Fsp3) is 0.438. The first-order chi connectivity index (χ1) is 12.5. The first kappa shape index (κ1) is 8.44. The summed E-state index contributed by atoms with van der Waals surface area (Å²) < 4.78 is 50.6. The predicted molar refractivity (Wildman–Crippen MR) is 82.5 cm³/mol. The van der Waals surface area contributed by atoms with Crippen molar-refractivity contribution in [1.82, 2.24) is 15.2 Å². The molecule has 2 aromatic rings. The van der Waals surface area contributed by atoms with Crippen LogP contribution in [0.5, 0.6) is 0 Å². The van der Waals surface area contributed by atoms with Gasteiger partial charge in [-0.1, -0.05) is 6.07 Å². The molecule has 5 nitrogen and oxygen atoms in total. The third kappa shape index (κ3) is 3.19. The summed E-state index contributed by atoms with van der Waals surface area (Å²) in [5.74, 6) is 0. The molecule has 0 aliphatic carbocycles. The van der Waals surface area contributed by atoms with Crippen molar-refractivity contribution >= 4 is 17.0 Å². The molecule has 1 atom stereocenters. The topological polar surface area (TPSA) is 57.4 Å². The van der Waals surface area contributed by atoms with Crippen molar-refractivity contribution in [2.45, 2.75) is 18.9 Å². The number of ether oxygens (including phenoxy) is 1. The molecule has 1 aliphatic heterocycles. The van der Waals surface area contributed by atoms with Crippen molar-refractivity contribution in [1.29, 1.82) is 0 Å². The normalized spacial score (nSPS) is 25.4. The van der Waals surface area contributed by atoms with E-state index < -0.39 is 25.7 Å². The van der Waals surface area contributed by atoms with Gasteiger partial charge in [-0.3, -0.25) is 0 Å². The van der Waals surface area contributed by atoms with Crippen LogP contribution in [-0.2, 0) is 17.6 Å². The maximum Gasteiger partial charge on any atom is 0.407 e. The lowest BCUT2D eigenvalue weighted by Crippen LogP contribution is -2.28. The van der Waals surface area contributed by atoms with Gasteiger partial charge < -0.3 is 19.9 Å². The lowest BCUT2D eigenvalue weighted by atomic mass is 10.0. The molecular formula is C16H21N3O2. The molecule has 21 heavy (non-hydrogen) atoms. The molecule has 0 spiro atoms. The van der Waals surface area contributed by atoms with Crippen LogP contribution in [-0.4, -0.2) is 49.1 Å². The Labute approximate surface area is 132 Å². The Morgan fingerprint density at radius 1 is 1.62 bits per heavy atom. The fourth-order valence-electron chi connectivity index (χ4n) is 2.42. The fourth-order valence-corrected chi connectivity index (χ4v) is 2.42. The van der Waals surface area contributed by atoms with E-state index in [0.717, 1.165) is 16.5 Å². The molecule has 5 heteroatoms. The lowest BCUT2D eigenvalue weighted by Gasteiger charge is -2.09. The van der Waals surface area contributed by atoms with Crippen molar-refractivity contribution in [2.75, 3.05) is 27.1 Å². The number of likely N-dealkylation sites (N-methyl/N-ethyl adjacent to an activating group) is 1. The van der Waals surface area contributed by atoms with Gasteiger partial charge in [0.05, 0.1) is 10.2 Å². The van der Waals surface area contributed by atoms with Crippen LogP contribution in [0, 0.1) is 0 Å². The van der Waals surface area contributed by atoms with E-state index in [1.165, 1.54) is 11.9 Å². The zero-order valence-electron chi connectivity index (χ0n) is 17.7. The number of hydrogen-bond donors (Lipinski definition) is 2. The zero-order chi connectivity index (χ0) is 20.0. The van der Waals surface area contributed by atoms with Gasteiger partial charge in [-0.25, -0.2) is 4.79 Å². The molecule has 0 radical (unpaired) electrons. The number of fused-ring (bicyclic) bond motifs is 1. The number of H-pyrrole nitrogens is 1. The second-order valence-electron chi connectivity index (χ2n) is 5.19. The van der Waals surface area contributed by atoms with Gasteiger partial charge in [-0.15, -0.1) is 0 Å². The monoisotopic (exact) mass is 293 g/mol. The van der Waals surface area contributed by atoms with Crippen LogP contribution in [0.25, 0.3) is 10.9 Å². The van der Waals surface area contributed by atoms with E-state index in [1.54, 1.807) is 12.1 Å². The first-order valence-electron chi connectivity index (χ1n) is 9.78. The molecule has 0 unspecified atom stereocenters. The summed E-state index contributed by atoms with van der Waals surface area (Å²) in [7, 11) is 1.52. The predicted octanol–water partition coefficient (Wildman–Crippen LogP) is 1.92. The number of aromatic nitrogens is 1. The number of alkyl carbamates (subject to hydrolysis) is 1. The van der Waals surface area contributed by atoms with Crippen LogP contribution in [0.4, 0.5) is 4.79 Å². The number of nitrogens with zero attached hydrogens (tertiary/aromatic N) is 1. The van der Waals surface area contributed by atoms with E-state index in [1.807, 2.05) is 6.07 Å². The van der Waals surface area contributed by atoms with E-state index >= 15 is 0 Å². The first-order valence-corrected chi connectivity index (χ1v) is 6.78. The number of amides is 1. The summed E-state index contributed by atoms with van der Waals surface area (Å²) in [6.07, 6.45) is 0.0757. The molecule has 2 N–H and O–H groups in total. The van der Waals surface area contributed by atoms with Gasteiger partial charge in [0, 0.05) is 27.7 Å². The van der Waals surface area contributed by atoms with Crippen molar-refractivity contribution < 1.29 is 17.8 Å². The minimum atomic E-state index is -2.19. The average molecular weight is 293 g/mol. The van der Waals surface area contributed by atoms with Crippen LogP contribution in [0.1, 0.15) is 19.4 Å². The maximum absolute atomic E-state index is 11.3. The highest BCUT2D eigenvalue weighted by atomic mass is 16.6. The molecule has 1 aromatic heterocycles. The Morgan fingerprint density at radius 3 is 3.29 bits per heavy atom. The molecule has 2 heterocycles. The lowest BCUT2D eigenvalue weighted by molar-refractivity contribution is 0.177. The smallest absolute Gasteiger partial charge is 0.407 e. The summed E-state index contributed by atoms with van der Waals surface area (Å²) in [5, 5.41) is 3.26. The van der Waals surface area contributed by atoms with Crippen LogP contribution >= 0.6 is 0 Å². The van der Waals surface area contributed by atoms with Crippen LogP contribution in [0.3, 0.4) is 0 Å². The molecule has 3 rings (SSSR count). The largest absolute Gasteiger partial charge is 0.447 e. The van der Waals surface area contributed by atoms with Crippen molar-refractivity contribution in [3.05, 3.63) is 35.5 Å². The maximum atomic E-state index is 11.3. The summed E-state index contributed by atoms with van der Waals surface area (Å²) in [6.45, 7) is -4.00. The summed E-state index contributed by atoms with van der Waals surface area (Å²) in [6, 6.07) is 4.64. The van der Waals surface area contributed by atoms with E-state index in [4.69, 9.17) is 8.22 Å². The molecule has 1 aliphatic rings. The highest BCUT2D eigenvalue weighted by molar-refractivity contribution is 5.84. The van der Waals surface area contributed by atoms with Crippen molar-refractivity contribution in [2.24, 2.45) is 0 Å². The molecular weight excluding hydrogens is 266 g/mol. The molecule has 1 saturated heterocycles. The molecule has 1 amide bonds. The third-order valence-corrected chi connectivity index (χ3v) is 3.48. The average Bonchev–Trinajstić information content (AvgIpc) is 2.98. The Kier molecular flexibility index (Phi) is 2.32. The number of carbonyl (C=O) groups is 1. The van der Waals surface area contributed by atoms with Gasteiger partial charge in [-0.2, -0.15) is 0 Å². The Morgan fingerprint density at radius 2 is 2.52 bits per heavy atom. The van der Waals surface area contributed by atoms with Crippen LogP contribution in [0.2, 0.25) is 0 Å². The van der Waals surface area contributed by atoms with Gasteiger partial charge in [-0.05, 0) is 50.1 Å². The number of cyclic esters (lactones) is 1. The van der Waals surface area contributed by atoms with Gasteiger partial charge in [0.15, 0.2) is 0 Å². The highest BCUT2D eigenvalue weighted by Gasteiger charge is 2.22. The van der Waals surface area contributed by atoms with E-state index in [9.17, 15) is 4.79 Å². The Hall–Kier alpha value is -2.01. The number of rotatable bonds is 5. The quantitative estimate of drug-likeness (QED) is 0.885. The number of hydrogen-bond acceptors (Lipinski definition) is 3. The zero-order valence-corrected chi connectivity index (χ0v) is 11.7.